The van der Waals surface area contributed by atoms with Crippen LogP contribution in [0.5, 0.6) is 0 Å². The molecule has 0 radical (unpaired) electrons. The molecule has 4 rings (SSSR count). The van der Waals surface area contributed by atoms with Crippen LogP contribution in [0.3, 0.4) is 0 Å². The van der Waals surface area contributed by atoms with Gasteiger partial charge in [-0.25, -0.2) is 9.98 Å². The SMILES string of the molecule is CN1CCN(C2=NC3(N=C(N)N2)C(=O)N(C)c2ccccc23)CC1. The highest BCUT2D eigenvalue weighted by Gasteiger charge is 2.52. The Labute approximate surface area is 140 Å². The van der Waals surface area contributed by atoms with Gasteiger partial charge in [0.15, 0.2) is 5.96 Å². The Morgan fingerprint density at radius 3 is 2.58 bits per heavy atom. The third kappa shape index (κ3) is 2.06. The second kappa shape index (κ2) is 5.20. The van der Waals surface area contributed by atoms with Crippen LogP contribution in [-0.4, -0.2) is 67.9 Å². The maximum absolute atomic E-state index is 13.0. The number of nitrogens with one attached hydrogen (secondary N) is 1. The monoisotopic (exact) mass is 327 g/mol. The van der Waals surface area contributed by atoms with Crippen molar-refractivity contribution < 1.29 is 4.79 Å². The number of likely N-dealkylation sites (N-methyl/N-ethyl adjacent to an activating group) is 2. The number of hydrogen-bond acceptors (Lipinski definition) is 7. The van der Waals surface area contributed by atoms with E-state index in [9.17, 15) is 4.79 Å². The summed E-state index contributed by atoms with van der Waals surface area (Å²) in [6.07, 6.45) is 0. The van der Waals surface area contributed by atoms with Gasteiger partial charge in [0, 0.05) is 38.8 Å². The first-order valence-corrected chi connectivity index (χ1v) is 8.04. The van der Waals surface area contributed by atoms with Crippen LogP contribution in [0.15, 0.2) is 34.3 Å². The predicted molar refractivity (Wildman–Crippen MR) is 92.8 cm³/mol. The van der Waals surface area contributed by atoms with E-state index in [-0.39, 0.29) is 11.9 Å². The highest BCUT2D eigenvalue weighted by molar-refractivity contribution is 6.12. The molecular weight excluding hydrogens is 306 g/mol. The minimum atomic E-state index is -1.31. The second-order valence-corrected chi connectivity index (χ2v) is 6.40. The molecule has 8 heteroatoms. The third-order valence-electron chi connectivity index (χ3n) is 4.84. The smallest absolute Gasteiger partial charge is 0.282 e. The van der Waals surface area contributed by atoms with Crippen molar-refractivity contribution in [2.45, 2.75) is 5.66 Å². The Bertz CT molecular complexity index is 751. The maximum Gasteiger partial charge on any atom is 0.282 e. The molecule has 3 heterocycles. The zero-order valence-corrected chi connectivity index (χ0v) is 13.9. The van der Waals surface area contributed by atoms with Gasteiger partial charge >= 0.3 is 0 Å². The van der Waals surface area contributed by atoms with Gasteiger partial charge in [0.1, 0.15) is 0 Å². The van der Waals surface area contributed by atoms with Crippen molar-refractivity contribution in [3.8, 4) is 0 Å². The average molecular weight is 327 g/mol. The Balaban J connectivity index is 1.79. The van der Waals surface area contributed by atoms with E-state index in [0.717, 1.165) is 37.4 Å². The second-order valence-electron chi connectivity index (χ2n) is 6.40. The molecule has 1 aromatic rings. The highest BCUT2D eigenvalue weighted by atomic mass is 16.2. The van der Waals surface area contributed by atoms with Crippen molar-refractivity contribution in [3.05, 3.63) is 29.8 Å². The Hall–Kier alpha value is -2.61. The highest BCUT2D eigenvalue weighted by Crippen LogP contribution is 2.43. The summed E-state index contributed by atoms with van der Waals surface area (Å²) in [7, 11) is 3.84. The molecule has 0 saturated carbocycles. The van der Waals surface area contributed by atoms with Crippen LogP contribution in [0.1, 0.15) is 5.56 Å². The van der Waals surface area contributed by atoms with E-state index in [2.05, 4.69) is 27.2 Å². The third-order valence-corrected chi connectivity index (χ3v) is 4.84. The summed E-state index contributed by atoms with van der Waals surface area (Å²) in [6.45, 7) is 3.54. The zero-order valence-electron chi connectivity index (χ0n) is 13.9. The Morgan fingerprint density at radius 2 is 1.83 bits per heavy atom. The van der Waals surface area contributed by atoms with Crippen LogP contribution >= 0.6 is 0 Å². The number of nitrogens with two attached hydrogens (primary N) is 1. The summed E-state index contributed by atoms with van der Waals surface area (Å²) >= 11 is 0. The number of anilines is 1. The fraction of sp³-hybridized carbons (Fsp3) is 0.438. The summed E-state index contributed by atoms with van der Waals surface area (Å²) in [5.74, 6) is 0.659. The molecule has 1 unspecified atom stereocenters. The first-order valence-electron chi connectivity index (χ1n) is 8.04. The lowest BCUT2D eigenvalue weighted by molar-refractivity contribution is -0.122. The van der Waals surface area contributed by atoms with Gasteiger partial charge < -0.3 is 20.4 Å². The number of hydrogen-bond donors (Lipinski definition) is 2. The van der Waals surface area contributed by atoms with Crippen LogP contribution in [-0.2, 0) is 10.5 Å². The number of guanidine groups is 2. The van der Waals surface area contributed by atoms with Crippen LogP contribution in [0.2, 0.25) is 0 Å². The molecule has 126 valence electrons. The summed E-state index contributed by atoms with van der Waals surface area (Å²) in [5, 5.41) is 3.03. The normalized spacial score (nSPS) is 27.0. The van der Waals surface area contributed by atoms with Crippen LogP contribution < -0.4 is 16.0 Å². The molecular formula is C16H21N7O. The van der Waals surface area contributed by atoms with Gasteiger partial charge in [0.05, 0.1) is 5.69 Å². The lowest BCUT2D eigenvalue weighted by Gasteiger charge is -2.37. The first kappa shape index (κ1) is 14.9. The van der Waals surface area contributed by atoms with Gasteiger partial charge in [-0.3, -0.25) is 10.1 Å². The van der Waals surface area contributed by atoms with Crippen molar-refractivity contribution in [1.29, 1.82) is 0 Å². The minimum absolute atomic E-state index is 0.181. The Kier molecular flexibility index (Phi) is 3.24. The Morgan fingerprint density at radius 1 is 1.12 bits per heavy atom. The summed E-state index contributed by atoms with van der Waals surface area (Å²) in [6, 6.07) is 7.59. The quantitative estimate of drug-likeness (QED) is 0.660. The number of para-hydroxylation sites is 1. The lowest BCUT2D eigenvalue weighted by Crippen LogP contribution is -2.57. The molecule has 1 amide bonds. The molecule has 1 fully saturated rings. The van der Waals surface area contributed by atoms with Crippen LogP contribution in [0, 0.1) is 0 Å². The van der Waals surface area contributed by atoms with E-state index in [1.807, 2.05) is 24.3 Å². The minimum Gasteiger partial charge on any atom is -0.370 e. The molecule has 0 aromatic heterocycles. The van der Waals surface area contributed by atoms with E-state index < -0.39 is 5.66 Å². The molecule has 24 heavy (non-hydrogen) atoms. The predicted octanol–water partition coefficient (Wildman–Crippen LogP) is -0.663. The number of benzene rings is 1. The largest absolute Gasteiger partial charge is 0.370 e. The molecule has 0 bridgehead atoms. The first-order chi connectivity index (χ1) is 11.5. The van der Waals surface area contributed by atoms with Gasteiger partial charge in [0.25, 0.3) is 11.6 Å². The molecule has 1 atom stereocenters. The molecule has 1 aromatic carbocycles. The fourth-order valence-electron chi connectivity index (χ4n) is 3.43. The van der Waals surface area contributed by atoms with Crippen molar-refractivity contribution in [2.24, 2.45) is 15.7 Å². The zero-order chi connectivity index (χ0) is 16.9. The van der Waals surface area contributed by atoms with E-state index in [1.165, 1.54) is 0 Å². The van der Waals surface area contributed by atoms with Crippen molar-refractivity contribution >= 4 is 23.5 Å². The number of carbonyl (C=O) groups is 1. The number of amides is 1. The van der Waals surface area contributed by atoms with Gasteiger partial charge in [-0.2, -0.15) is 0 Å². The summed E-state index contributed by atoms with van der Waals surface area (Å²) in [5.41, 5.74) is 6.32. The van der Waals surface area contributed by atoms with Crippen molar-refractivity contribution in [2.75, 3.05) is 45.2 Å². The van der Waals surface area contributed by atoms with E-state index in [1.54, 1.807) is 11.9 Å². The van der Waals surface area contributed by atoms with E-state index in [4.69, 9.17) is 10.7 Å². The lowest BCUT2D eigenvalue weighted by atomic mass is 10.0. The fourth-order valence-corrected chi connectivity index (χ4v) is 3.43. The standard InChI is InChI=1S/C16H21N7O/c1-21-7-9-23(10-8-21)15-18-14(17)19-16(20-15)11-5-3-4-6-12(11)22(2)13(16)24/h3-6H,7-10H2,1-2H3,(H3,17,18,19,20). The molecule has 3 aliphatic heterocycles. The maximum atomic E-state index is 13.0. The number of nitrogens with zero attached hydrogens (tertiary/aromatic N) is 5. The molecule has 3 N–H and O–H groups in total. The van der Waals surface area contributed by atoms with Crippen LogP contribution in [0.4, 0.5) is 5.69 Å². The number of piperazine rings is 1. The molecule has 3 aliphatic rings. The number of rotatable bonds is 0. The molecule has 1 saturated heterocycles. The topological polar surface area (TPSA) is 89.6 Å². The summed E-state index contributed by atoms with van der Waals surface area (Å²) < 4.78 is 0. The molecule has 8 nitrogen and oxygen atoms in total. The number of aliphatic imine (C=N–C) groups is 2. The molecule has 0 aliphatic carbocycles. The number of fused-ring (bicyclic) bond motifs is 2. The van der Waals surface area contributed by atoms with Gasteiger partial charge in [0.2, 0.25) is 5.96 Å². The van der Waals surface area contributed by atoms with E-state index >= 15 is 0 Å². The van der Waals surface area contributed by atoms with Crippen molar-refractivity contribution in [3.63, 3.8) is 0 Å². The van der Waals surface area contributed by atoms with Crippen LogP contribution in [0.25, 0.3) is 0 Å². The number of carbonyl (C=O) groups excluding carboxylic acids is 1. The van der Waals surface area contributed by atoms with E-state index in [0.29, 0.717) is 5.96 Å². The summed E-state index contributed by atoms with van der Waals surface area (Å²) in [4.78, 5) is 28.1. The van der Waals surface area contributed by atoms with Gasteiger partial charge in [-0.15, -0.1) is 0 Å². The van der Waals surface area contributed by atoms with Gasteiger partial charge in [-0.1, -0.05) is 18.2 Å². The average Bonchev–Trinajstić information content (AvgIpc) is 2.78. The van der Waals surface area contributed by atoms with Gasteiger partial charge in [-0.05, 0) is 13.1 Å². The molecule has 1 spiro atoms. The van der Waals surface area contributed by atoms with Crippen molar-refractivity contribution in [1.82, 2.24) is 15.1 Å².